The number of carbonyl (C=O) groups is 1. The third kappa shape index (κ3) is 4.42. The number of hydrogen-bond acceptors (Lipinski definition) is 1. The Morgan fingerprint density at radius 1 is 0.903 bits per heavy atom. The van der Waals surface area contributed by atoms with Gasteiger partial charge in [0.15, 0.2) is 0 Å². The van der Waals surface area contributed by atoms with E-state index >= 15 is 0 Å². The van der Waals surface area contributed by atoms with E-state index in [9.17, 15) is 4.79 Å². The molecule has 3 aromatic carbocycles. The summed E-state index contributed by atoms with van der Waals surface area (Å²) in [6.45, 7) is 4.11. The van der Waals surface area contributed by atoms with Crippen LogP contribution in [0, 0.1) is 13.8 Å². The van der Waals surface area contributed by atoms with Crippen molar-refractivity contribution in [3.8, 4) is 28.1 Å². The van der Waals surface area contributed by atoms with Gasteiger partial charge < -0.3 is 9.67 Å². The van der Waals surface area contributed by atoms with Gasteiger partial charge in [-0.2, -0.15) is 0 Å². The lowest BCUT2D eigenvalue weighted by atomic mass is 10.0. The highest BCUT2D eigenvalue weighted by molar-refractivity contribution is 6.31. The Labute approximate surface area is 187 Å². The molecule has 0 aliphatic heterocycles. The highest BCUT2D eigenvalue weighted by atomic mass is 35.5. The fraction of sp³-hybridized carbons (Fsp3) is 0.148. The summed E-state index contributed by atoms with van der Waals surface area (Å²) in [4.78, 5) is 11.0. The summed E-state index contributed by atoms with van der Waals surface area (Å²) in [5, 5.41) is 9.79. The van der Waals surface area contributed by atoms with E-state index in [-0.39, 0.29) is 6.42 Å². The second-order valence-corrected chi connectivity index (χ2v) is 8.16. The normalized spacial score (nSPS) is 10.9. The van der Waals surface area contributed by atoms with Crippen molar-refractivity contribution in [2.75, 3.05) is 0 Å². The van der Waals surface area contributed by atoms with Gasteiger partial charge in [0.1, 0.15) is 0 Å². The summed E-state index contributed by atoms with van der Waals surface area (Å²) >= 11 is 6.46. The molecule has 0 bridgehead atoms. The van der Waals surface area contributed by atoms with Gasteiger partial charge in [0.05, 0.1) is 5.69 Å². The van der Waals surface area contributed by atoms with Gasteiger partial charge in [0.2, 0.25) is 0 Å². The average molecular weight is 430 g/mol. The van der Waals surface area contributed by atoms with Crippen molar-refractivity contribution >= 4 is 17.6 Å². The van der Waals surface area contributed by atoms with Gasteiger partial charge in [-0.15, -0.1) is 0 Å². The molecule has 31 heavy (non-hydrogen) atoms. The summed E-state index contributed by atoms with van der Waals surface area (Å²) in [5.41, 5.74) is 8.57. The number of aromatic nitrogens is 1. The smallest absolute Gasteiger partial charge is 0.303 e. The maximum absolute atomic E-state index is 11.0. The van der Waals surface area contributed by atoms with E-state index in [1.54, 1.807) is 0 Å². The Morgan fingerprint density at radius 3 is 2.39 bits per heavy atom. The number of halogens is 1. The number of benzene rings is 3. The Kier molecular flexibility index (Phi) is 5.97. The average Bonchev–Trinajstić information content (AvgIpc) is 3.12. The zero-order valence-corrected chi connectivity index (χ0v) is 18.4. The van der Waals surface area contributed by atoms with Crippen molar-refractivity contribution in [1.29, 1.82) is 0 Å². The molecule has 0 aliphatic carbocycles. The first kappa shape index (κ1) is 21.0. The molecular weight excluding hydrogens is 406 g/mol. The van der Waals surface area contributed by atoms with E-state index in [0.717, 1.165) is 49.9 Å². The summed E-state index contributed by atoms with van der Waals surface area (Å²) in [6, 6.07) is 26.8. The zero-order chi connectivity index (χ0) is 22.0. The van der Waals surface area contributed by atoms with Crippen LogP contribution in [0.15, 0.2) is 78.9 Å². The van der Waals surface area contributed by atoms with Gasteiger partial charge in [-0.25, -0.2) is 0 Å². The molecule has 0 amide bonds. The molecule has 1 aromatic heterocycles. The number of aryl methyl sites for hydroxylation is 2. The van der Waals surface area contributed by atoms with E-state index in [4.69, 9.17) is 16.7 Å². The van der Waals surface area contributed by atoms with Crippen LogP contribution in [0.2, 0.25) is 5.02 Å². The van der Waals surface area contributed by atoms with Crippen LogP contribution in [0.5, 0.6) is 0 Å². The van der Waals surface area contributed by atoms with Crippen molar-refractivity contribution in [2.45, 2.75) is 26.7 Å². The summed E-state index contributed by atoms with van der Waals surface area (Å²) < 4.78 is 2.23. The summed E-state index contributed by atoms with van der Waals surface area (Å²) in [6.07, 6.45) is 0.616. The van der Waals surface area contributed by atoms with E-state index in [2.05, 4.69) is 47.9 Å². The lowest BCUT2D eigenvalue weighted by molar-refractivity contribution is -0.136. The van der Waals surface area contributed by atoms with Crippen LogP contribution in [-0.2, 0) is 11.2 Å². The highest BCUT2D eigenvalue weighted by Gasteiger charge is 2.17. The molecule has 0 unspecified atom stereocenters. The number of nitrogens with zero attached hydrogens (tertiary/aromatic N) is 1. The largest absolute Gasteiger partial charge is 0.481 e. The molecule has 156 valence electrons. The molecule has 4 rings (SSSR count). The van der Waals surface area contributed by atoms with Crippen LogP contribution < -0.4 is 0 Å². The quantitative estimate of drug-likeness (QED) is 0.355. The van der Waals surface area contributed by atoms with Crippen LogP contribution in [0.25, 0.3) is 28.1 Å². The molecule has 1 N–H and O–H groups in total. The van der Waals surface area contributed by atoms with Gasteiger partial charge in [-0.1, -0.05) is 66.2 Å². The minimum atomic E-state index is -0.788. The number of rotatable bonds is 6. The minimum absolute atomic E-state index is 0.115. The molecule has 0 aliphatic rings. The van der Waals surface area contributed by atoms with Gasteiger partial charge in [0, 0.05) is 34.0 Å². The molecule has 0 saturated carbocycles. The molecule has 4 heteroatoms. The second-order valence-electron chi connectivity index (χ2n) is 7.76. The highest BCUT2D eigenvalue weighted by Crippen LogP contribution is 2.36. The summed E-state index contributed by atoms with van der Waals surface area (Å²) in [7, 11) is 0. The Bertz CT molecular complexity index is 1240. The van der Waals surface area contributed by atoms with Crippen LogP contribution in [0.4, 0.5) is 0 Å². The standard InChI is InChI=1S/C27H24ClNO2/c1-18-11-13-22(16-25(18)28)26-17-24(21-8-4-3-5-9-21)19(2)29(26)23-10-6-7-20(15-23)12-14-27(30)31/h3-11,13,15-17H,12,14H2,1-2H3,(H,30,31). The monoisotopic (exact) mass is 429 g/mol. The third-order valence-electron chi connectivity index (χ3n) is 5.60. The van der Waals surface area contributed by atoms with Crippen molar-refractivity contribution in [3.05, 3.63) is 101 Å². The van der Waals surface area contributed by atoms with Crippen molar-refractivity contribution in [3.63, 3.8) is 0 Å². The van der Waals surface area contributed by atoms with Gasteiger partial charge >= 0.3 is 5.97 Å². The van der Waals surface area contributed by atoms with E-state index < -0.39 is 5.97 Å². The molecule has 1 heterocycles. The Balaban J connectivity index is 1.90. The predicted molar refractivity (Wildman–Crippen MR) is 127 cm³/mol. The summed E-state index contributed by atoms with van der Waals surface area (Å²) in [5.74, 6) is -0.788. The maximum Gasteiger partial charge on any atom is 0.303 e. The van der Waals surface area contributed by atoms with Gasteiger partial charge in [-0.3, -0.25) is 4.79 Å². The molecule has 0 atom stereocenters. The lowest BCUT2D eigenvalue weighted by Crippen LogP contribution is -2.02. The van der Waals surface area contributed by atoms with Crippen molar-refractivity contribution in [1.82, 2.24) is 4.57 Å². The molecular formula is C27H24ClNO2. The van der Waals surface area contributed by atoms with Crippen LogP contribution in [-0.4, -0.2) is 15.6 Å². The number of hydrogen-bond donors (Lipinski definition) is 1. The maximum atomic E-state index is 11.0. The van der Waals surface area contributed by atoms with E-state index in [1.165, 1.54) is 0 Å². The number of aliphatic carboxylic acids is 1. The Morgan fingerprint density at radius 2 is 1.68 bits per heavy atom. The molecule has 3 nitrogen and oxygen atoms in total. The van der Waals surface area contributed by atoms with Gasteiger partial charge in [-0.05, 0) is 61.2 Å². The van der Waals surface area contributed by atoms with Crippen LogP contribution in [0.3, 0.4) is 0 Å². The topological polar surface area (TPSA) is 42.2 Å². The molecule has 0 fully saturated rings. The number of carboxylic acid groups (broad SMARTS) is 1. The number of carboxylic acids is 1. The molecule has 0 saturated heterocycles. The van der Waals surface area contributed by atoms with Crippen molar-refractivity contribution in [2.24, 2.45) is 0 Å². The second kappa shape index (κ2) is 8.83. The van der Waals surface area contributed by atoms with Gasteiger partial charge in [0.25, 0.3) is 0 Å². The van der Waals surface area contributed by atoms with E-state index in [1.807, 2.05) is 49.4 Å². The SMILES string of the molecule is Cc1ccc(-c2cc(-c3ccccc3)c(C)n2-c2cccc(CCC(=O)O)c2)cc1Cl. The first-order chi connectivity index (χ1) is 14.9. The third-order valence-corrected chi connectivity index (χ3v) is 6.00. The predicted octanol–water partition coefficient (Wildman–Crippen LogP) is 7.10. The first-order valence-corrected chi connectivity index (χ1v) is 10.7. The van der Waals surface area contributed by atoms with Crippen molar-refractivity contribution < 1.29 is 9.90 Å². The molecule has 0 radical (unpaired) electrons. The zero-order valence-electron chi connectivity index (χ0n) is 17.6. The lowest BCUT2D eigenvalue weighted by Gasteiger charge is -2.14. The van der Waals surface area contributed by atoms with Crippen LogP contribution >= 0.6 is 11.6 Å². The first-order valence-electron chi connectivity index (χ1n) is 10.3. The minimum Gasteiger partial charge on any atom is -0.481 e. The Hall–Kier alpha value is -3.30. The molecule has 4 aromatic rings. The molecule has 0 spiro atoms. The van der Waals surface area contributed by atoms with E-state index in [0.29, 0.717) is 6.42 Å². The van der Waals surface area contributed by atoms with Crippen LogP contribution in [0.1, 0.15) is 23.2 Å². The fourth-order valence-electron chi connectivity index (χ4n) is 3.92. The fourth-order valence-corrected chi connectivity index (χ4v) is 4.10.